The van der Waals surface area contributed by atoms with Gasteiger partial charge in [-0.05, 0) is 33.1 Å². The van der Waals surface area contributed by atoms with Crippen molar-refractivity contribution in [1.82, 2.24) is 14.7 Å². The highest BCUT2D eigenvalue weighted by Gasteiger charge is 2.18. The third-order valence-corrected chi connectivity index (χ3v) is 3.57. The summed E-state index contributed by atoms with van der Waals surface area (Å²) < 4.78 is 6.76. The van der Waals surface area contributed by atoms with Crippen LogP contribution in [0.2, 0.25) is 0 Å². The molecule has 0 spiro atoms. The minimum atomic E-state index is 0.0810. The van der Waals surface area contributed by atoms with E-state index in [1.54, 1.807) is 10.9 Å². The van der Waals surface area contributed by atoms with E-state index in [2.05, 4.69) is 10.1 Å². The molecule has 0 atom stereocenters. The van der Waals surface area contributed by atoms with Crippen molar-refractivity contribution < 1.29 is 4.52 Å². The summed E-state index contributed by atoms with van der Waals surface area (Å²) in [7, 11) is 0. The van der Waals surface area contributed by atoms with Gasteiger partial charge in [-0.15, -0.1) is 0 Å². The fraction of sp³-hybridized carbons (Fsp3) is 0.462. The van der Waals surface area contributed by atoms with Gasteiger partial charge in [0.05, 0.1) is 24.3 Å². The number of aromatic nitrogens is 3. The molecule has 2 heterocycles. The van der Waals surface area contributed by atoms with Crippen molar-refractivity contribution >= 4 is 0 Å². The van der Waals surface area contributed by atoms with Gasteiger partial charge in [0.2, 0.25) is 0 Å². The normalized spacial score (nSPS) is 13.9. The predicted molar refractivity (Wildman–Crippen MR) is 65.6 cm³/mol. The van der Waals surface area contributed by atoms with Crippen molar-refractivity contribution in [2.45, 2.75) is 39.7 Å². The molecule has 0 aromatic carbocycles. The molecule has 0 saturated heterocycles. The molecule has 3 rings (SSSR count). The summed E-state index contributed by atoms with van der Waals surface area (Å²) >= 11 is 0. The second-order valence-corrected chi connectivity index (χ2v) is 4.76. The van der Waals surface area contributed by atoms with Crippen molar-refractivity contribution in [2.75, 3.05) is 0 Å². The molecule has 2 aromatic heterocycles. The Morgan fingerprint density at radius 3 is 2.94 bits per heavy atom. The van der Waals surface area contributed by atoms with E-state index >= 15 is 0 Å². The van der Waals surface area contributed by atoms with Crippen molar-refractivity contribution in [2.24, 2.45) is 0 Å². The lowest BCUT2D eigenvalue weighted by molar-refractivity contribution is 0.392. The van der Waals surface area contributed by atoms with Gasteiger partial charge in [0.15, 0.2) is 0 Å². The minimum absolute atomic E-state index is 0.0810. The molecule has 0 bridgehead atoms. The van der Waals surface area contributed by atoms with Crippen LogP contribution < -0.4 is 5.56 Å². The van der Waals surface area contributed by atoms with Crippen molar-refractivity contribution in [3.05, 3.63) is 45.0 Å². The van der Waals surface area contributed by atoms with Crippen molar-refractivity contribution in [3.8, 4) is 0 Å². The Labute approximate surface area is 104 Å². The summed E-state index contributed by atoms with van der Waals surface area (Å²) in [5, 5.41) is 3.90. The van der Waals surface area contributed by atoms with E-state index in [9.17, 15) is 4.79 Å². The van der Waals surface area contributed by atoms with Crippen LogP contribution in [0.1, 0.15) is 34.7 Å². The lowest BCUT2D eigenvalue weighted by Crippen LogP contribution is -2.25. The van der Waals surface area contributed by atoms with E-state index in [0.717, 1.165) is 47.5 Å². The zero-order chi connectivity index (χ0) is 12.7. The van der Waals surface area contributed by atoms with Crippen LogP contribution in [0, 0.1) is 13.8 Å². The summed E-state index contributed by atoms with van der Waals surface area (Å²) in [6.45, 7) is 4.24. The molecule has 0 N–H and O–H groups in total. The van der Waals surface area contributed by atoms with E-state index in [-0.39, 0.29) is 5.56 Å². The first-order valence-electron chi connectivity index (χ1n) is 6.15. The van der Waals surface area contributed by atoms with Gasteiger partial charge in [-0.1, -0.05) is 5.16 Å². The van der Waals surface area contributed by atoms with Gasteiger partial charge in [-0.25, -0.2) is 4.98 Å². The second kappa shape index (κ2) is 4.08. The van der Waals surface area contributed by atoms with E-state index in [4.69, 9.17) is 4.52 Å². The fourth-order valence-electron chi connectivity index (χ4n) is 2.48. The Kier molecular flexibility index (Phi) is 2.54. The predicted octanol–water partition coefficient (Wildman–Crippen LogP) is 1.39. The molecule has 0 fully saturated rings. The van der Waals surface area contributed by atoms with E-state index in [1.807, 2.05) is 13.8 Å². The highest BCUT2D eigenvalue weighted by molar-refractivity contribution is 5.24. The Balaban J connectivity index is 2.02. The van der Waals surface area contributed by atoms with Gasteiger partial charge in [0, 0.05) is 11.1 Å². The molecule has 5 nitrogen and oxygen atoms in total. The summed E-state index contributed by atoms with van der Waals surface area (Å²) in [4.78, 5) is 16.7. The molecule has 94 valence electrons. The summed E-state index contributed by atoms with van der Waals surface area (Å²) in [5.41, 5.74) is 3.73. The molecular weight excluding hydrogens is 230 g/mol. The van der Waals surface area contributed by atoms with Crippen LogP contribution in [-0.2, 0) is 19.4 Å². The Morgan fingerprint density at radius 2 is 2.22 bits per heavy atom. The highest BCUT2D eigenvalue weighted by atomic mass is 16.5. The summed E-state index contributed by atoms with van der Waals surface area (Å²) in [6, 6.07) is 0. The van der Waals surface area contributed by atoms with Gasteiger partial charge >= 0.3 is 0 Å². The van der Waals surface area contributed by atoms with Crippen LogP contribution in [-0.4, -0.2) is 14.7 Å². The maximum Gasteiger partial charge on any atom is 0.257 e. The number of nitrogens with zero attached hydrogens (tertiary/aromatic N) is 3. The average molecular weight is 245 g/mol. The van der Waals surface area contributed by atoms with Crippen molar-refractivity contribution in [3.63, 3.8) is 0 Å². The lowest BCUT2D eigenvalue weighted by Gasteiger charge is -2.06. The van der Waals surface area contributed by atoms with Crippen LogP contribution in [0.15, 0.2) is 15.6 Å². The number of hydrogen-bond acceptors (Lipinski definition) is 4. The molecule has 0 unspecified atom stereocenters. The third-order valence-electron chi connectivity index (χ3n) is 3.57. The molecule has 18 heavy (non-hydrogen) atoms. The SMILES string of the molecule is Cc1noc(C)c1Cn1cnc2c(c1=O)CCC2. The topological polar surface area (TPSA) is 60.9 Å². The number of hydrogen-bond donors (Lipinski definition) is 0. The fourth-order valence-corrected chi connectivity index (χ4v) is 2.48. The second-order valence-electron chi connectivity index (χ2n) is 4.76. The lowest BCUT2D eigenvalue weighted by atomic mass is 10.2. The Bertz CT molecular complexity index is 635. The van der Waals surface area contributed by atoms with E-state index in [0.29, 0.717) is 6.54 Å². The molecule has 0 aliphatic heterocycles. The zero-order valence-electron chi connectivity index (χ0n) is 10.6. The molecular formula is C13H15N3O2. The average Bonchev–Trinajstić information content (AvgIpc) is 2.94. The monoisotopic (exact) mass is 245 g/mol. The number of fused-ring (bicyclic) bond motifs is 1. The molecule has 0 amide bonds. The Hall–Kier alpha value is -1.91. The zero-order valence-corrected chi connectivity index (χ0v) is 10.6. The molecule has 5 heteroatoms. The van der Waals surface area contributed by atoms with Crippen LogP contribution in [0.3, 0.4) is 0 Å². The van der Waals surface area contributed by atoms with Gasteiger partial charge in [0.25, 0.3) is 5.56 Å². The van der Waals surface area contributed by atoms with E-state index < -0.39 is 0 Å². The summed E-state index contributed by atoms with van der Waals surface area (Å²) in [6.07, 6.45) is 4.45. The first kappa shape index (κ1) is 11.2. The Morgan fingerprint density at radius 1 is 1.39 bits per heavy atom. The largest absolute Gasteiger partial charge is 0.361 e. The number of rotatable bonds is 2. The van der Waals surface area contributed by atoms with Crippen LogP contribution >= 0.6 is 0 Å². The quantitative estimate of drug-likeness (QED) is 0.802. The summed E-state index contributed by atoms with van der Waals surface area (Å²) in [5.74, 6) is 0.764. The smallest absolute Gasteiger partial charge is 0.257 e. The third kappa shape index (κ3) is 1.66. The maximum atomic E-state index is 12.3. The molecule has 1 aliphatic rings. The molecule has 0 saturated carbocycles. The standard InChI is InChI=1S/C13H15N3O2/c1-8-11(9(2)18-15-8)6-16-7-14-12-5-3-4-10(12)13(16)17/h7H,3-6H2,1-2H3. The number of aryl methyl sites for hydroxylation is 3. The first-order valence-corrected chi connectivity index (χ1v) is 6.15. The van der Waals surface area contributed by atoms with Crippen LogP contribution in [0.4, 0.5) is 0 Å². The minimum Gasteiger partial charge on any atom is -0.361 e. The first-order chi connectivity index (χ1) is 8.66. The van der Waals surface area contributed by atoms with Crippen LogP contribution in [0.25, 0.3) is 0 Å². The van der Waals surface area contributed by atoms with Gasteiger partial charge in [-0.3, -0.25) is 9.36 Å². The maximum absolute atomic E-state index is 12.3. The highest BCUT2D eigenvalue weighted by Crippen LogP contribution is 2.17. The van der Waals surface area contributed by atoms with Gasteiger partial charge < -0.3 is 4.52 Å². The van der Waals surface area contributed by atoms with E-state index in [1.165, 1.54) is 0 Å². The van der Waals surface area contributed by atoms with Crippen LogP contribution in [0.5, 0.6) is 0 Å². The molecule has 0 radical (unpaired) electrons. The van der Waals surface area contributed by atoms with Gasteiger partial charge in [0.1, 0.15) is 5.76 Å². The van der Waals surface area contributed by atoms with Gasteiger partial charge in [-0.2, -0.15) is 0 Å². The molecule has 2 aromatic rings. The molecule has 1 aliphatic carbocycles. The van der Waals surface area contributed by atoms with Crippen molar-refractivity contribution in [1.29, 1.82) is 0 Å².